The second kappa shape index (κ2) is 7.16. The zero-order chi connectivity index (χ0) is 21.5. The molecule has 0 aromatic carbocycles. The van der Waals surface area contributed by atoms with E-state index in [0.717, 1.165) is 37.0 Å². The number of likely N-dealkylation sites (N-methyl/N-ethyl adjacent to an activating group) is 1. The Morgan fingerprint density at radius 2 is 1.94 bits per heavy atom. The van der Waals surface area contributed by atoms with Crippen molar-refractivity contribution in [3.05, 3.63) is 11.1 Å². The quantitative estimate of drug-likeness (QED) is 0.461. The van der Waals surface area contributed by atoms with E-state index in [1.54, 1.807) is 5.57 Å². The third kappa shape index (κ3) is 2.94. The Hall–Kier alpha value is -0.670. The molecule has 2 aliphatic heterocycles. The van der Waals surface area contributed by atoms with E-state index in [1.165, 1.54) is 57.9 Å². The largest absolute Gasteiger partial charge is 0.369 e. The van der Waals surface area contributed by atoms with Crippen molar-refractivity contribution in [2.75, 3.05) is 13.6 Å². The zero-order valence-electron chi connectivity index (χ0n) is 20.3. The maximum absolute atomic E-state index is 12.2. The van der Waals surface area contributed by atoms with E-state index in [9.17, 15) is 4.79 Å². The van der Waals surface area contributed by atoms with E-state index in [0.29, 0.717) is 35.2 Å². The topological polar surface area (TPSA) is 29.5 Å². The number of carbonyl (C=O) groups excluding carboxylic acids is 1. The number of Topliss-reactive ketones (excluding diaryl/α,β-unsaturated/α-hetero) is 1. The SMILES string of the molecule is CC1=C2C[C@H]3[C@@H](CC[C@@H]4CC(=O)CC[C@@]43C)[C@@H]2CCC2(C1)OC1CCCN(C)[C@H]1[C@H]2C. The van der Waals surface area contributed by atoms with Gasteiger partial charge in [0.2, 0.25) is 0 Å². The predicted octanol–water partition coefficient (Wildman–Crippen LogP) is 5.78. The van der Waals surface area contributed by atoms with Gasteiger partial charge in [-0.25, -0.2) is 0 Å². The third-order valence-corrected chi connectivity index (χ3v) is 11.6. The fraction of sp³-hybridized carbons (Fsp3) is 0.893. The second-order valence-electron chi connectivity index (χ2n) is 12.7. The van der Waals surface area contributed by atoms with Crippen LogP contribution in [0.4, 0.5) is 0 Å². The zero-order valence-corrected chi connectivity index (χ0v) is 20.3. The minimum Gasteiger partial charge on any atom is -0.369 e. The molecule has 6 rings (SSSR count). The normalized spacial score (nSPS) is 52.5. The van der Waals surface area contributed by atoms with Crippen LogP contribution >= 0.6 is 0 Å². The summed E-state index contributed by atoms with van der Waals surface area (Å²) in [6, 6.07) is 0.617. The van der Waals surface area contributed by atoms with Gasteiger partial charge in [0.25, 0.3) is 0 Å². The molecule has 4 aliphatic carbocycles. The molecule has 6 aliphatic rings. The number of piperidine rings is 1. The lowest BCUT2D eigenvalue weighted by Gasteiger charge is -2.52. The van der Waals surface area contributed by atoms with Gasteiger partial charge in [0.15, 0.2) is 0 Å². The van der Waals surface area contributed by atoms with Crippen molar-refractivity contribution in [3.8, 4) is 0 Å². The monoisotopic (exact) mass is 425 g/mol. The van der Waals surface area contributed by atoms with Crippen molar-refractivity contribution in [3.63, 3.8) is 0 Å². The number of allylic oxidation sites excluding steroid dienone is 1. The van der Waals surface area contributed by atoms with Crippen molar-refractivity contribution < 1.29 is 9.53 Å². The van der Waals surface area contributed by atoms with E-state index in [-0.39, 0.29) is 5.60 Å². The van der Waals surface area contributed by atoms with Gasteiger partial charge in [0.05, 0.1) is 11.7 Å². The minimum atomic E-state index is 0.0726. The molecule has 172 valence electrons. The molecule has 9 atom stereocenters. The summed E-state index contributed by atoms with van der Waals surface area (Å²) in [4.78, 5) is 14.8. The van der Waals surface area contributed by atoms with E-state index in [1.807, 2.05) is 5.57 Å². The summed E-state index contributed by atoms with van der Waals surface area (Å²) in [5.41, 5.74) is 3.98. The molecule has 0 aromatic rings. The maximum atomic E-state index is 12.2. The molecule has 1 spiro atoms. The molecule has 0 amide bonds. The Morgan fingerprint density at radius 1 is 1.10 bits per heavy atom. The van der Waals surface area contributed by atoms with Crippen LogP contribution in [0.5, 0.6) is 0 Å². The first-order valence-electron chi connectivity index (χ1n) is 13.4. The molecule has 3 nitrogen and oxygen atoms in total. The highest BCUT2D eigenvalue weighted by Gasteiger charge is 2.59. The third-order valence-electron chi connectivity index (χ3n) is 11.6. The van der Waals surface area contributed by atoms with Gasteiger partial charge in [0, 0.05) is 24.8 Å². The molecule has 3 heteroatoms. The number of hydrogen-bond donors (Lipinski definition) is 0. The van der Waals surface area contributed by atoms with E-state index in [2.05, 4.69) is 32.7 Å². The molecule has 0 radical (unpaired) electrons. The summed E-state index contributed by atoms with van der Waals surface area (Å²) in [6.07, 6.45) is 13.6. The van der Waals surface area contributed by atoms with E-state index in [4.69, 9.17) is 4.74 Å². The average Bonchev–Trinajstić information content (AvgIpc) is 3.20. The van der Waals surface area contributed by atoms with Crippen molar-refractivity contribution in [1.82, 2.24) is 4.90 Å². The van der Waals surface area contributed by atoms with Crippen molar-refractivity contribution in [2.45, 2.75) is 109 Å². The molecule has 0 N–H and O–H groups in total. The first kappa shape index (κ1) is 20.9. The van der Waals surface area contributed by atoms with E-state index >= 15 is 0 Å². The maximum Gasteiger partial charge on any atom is 0.133 e. The Kier molecular flexibility index (Phi) is 4.83. The highest BCUT2D eigenvalue weighted by molar-refractivity contribution is 5.79. The first-order chi connectivity index (χ1) is 14.8. The van der Waals surface area contributed by atoms with Gasteiger partial charge in [-0.3, -0.25) is 4.79 Å². The predicted molar refractivity (Wildman–Crippen MR) is 124 cm³/mol. The van der Waals surface area contributed by atoms with Crippen molar-refractivity contribution >= 4 is 5.78 Å². The van der Waals surface area contributed by atoms with Crippen LogP contribution in [0.15, 0.2) is 11.1 Å². The first-order valence-corrected chi connectivity index (χ1v) is 13.4. The highest BCUT2D eigenvalue weighted by atomic mass is 16.5. The minimum absolute atomic E-state index is 0.0726. The van der Waals surface area contributed by atoms with Crippen molar-refractivity contribution in [1.29, 1.82) is 0 Å². The second-order valence-corrected chi connectivity index (χ2v) is 12.7. The molecule has 5 fully saturated rings. The fourth-order valence-electron chi connectivity index (χ4n) is 9.86. The van der Waals surface area contributed by atoms with Crippen molar-refractivity contribution in [2.24, 2.45) is 35.0 Å². The van der Waals surface area contributed by atoms with Crippen LogP contribution in [0.2, 0.25) is 0 Å². The summed E-state index contributed by atoms with van der Waals surface area (Å²) >= 11 is 0. The van der Waals surface area contributed by atoms with Crippen LogP contribution in [-0.2, 0) is 9.53 Å². The number of rotatable bonds is 0. The lowest BCUT2D eigenvalue weighted by Crippen LogP contribution is -2.47. The van der Waals surface area contributed by atoms with Crippen LogP contribution in [-0.4, -0.2) is 42.0 Å². The van der Waals surface area contributed by atoms with Crippen LogP contribution in [0.3, 0.4) is 0 Å². The van der Waals surface area contributed by atoms with Gasteiger partial charge in [0.1, 0.15) is 5.78 Å². The number of ketones is 1. The smallest absolute Gasteiger partial charge is 0.133 e. The summed E-state index contributed by atoms with van der Waals surface area (Å²) in [6.45, 7) is 8.75. The Labute approximate surface area is 189 Å². The van der Waals surface area contributed by atoms with Crippen LogP contribution in [0, 0.1) is 35.0 Å². The molecule has 2 unspecified atom stereocenters. The van der Waals surface area contributed by atoms with Crippen LogP contribution < -0.4 is 0 Å². The summed E-state index contributed by atoms with van der Waals surface area (Å²) in [5.74, 6) is 4.28. The number of carbonyl (C=O) groups is 1. The van der Waals surface area contributed by atoms with Crippen LogP contribution in [0.1, 0.15) is 91.4 Å². The molecule has 2 heterocycles. The molecule has 0 aromatic heterocycles. The fourth-order valence-corrected chi connectivity index (χ4v) is 9.86. The van der Waals surface area contributed by atoms with E-state index < -0.39 is 0 Å². The van der Waals surface area contributed by atoms with Gasteiger partial charge in [-0.05, 0) is 107 Å². The lowest BCUT2D eigenvalue weighted by molar-refractivity contribution is -0.129. The van der Waals surface area contributed by atoms with Gasteiger partial charge < -0.3 is 9.64 Å². The standard InChI is InChI=1S/C28H43NO2/c1-17-16-28(18(2)26-25(31-28)6-5-13-29(26)4)12-10-21-22-8-7-19-14-20(30)9-11-27(19,3)24(22)15-23(17)21/h18-19,21-22,24-26H,5-16H2,1-4H3/t18-,19-,21+,22+,24+,25?,26+,27+,28?/m1/s1. The Bertz CT molecular complexity index is 803. The van der Waals surface area contributed by atoms with Gasteiger partial charge >= 0.3 is 0 Å². The molecular formula is C28H43NO2. The van der Waals surface area contributed by atoms with Gasteiger partial charge in [-0.1, -0.05) is 25.0 Å². The highest BCUT2D eigenvalue weighted by Crippen LogP contribution is 2.65. The van der Waals surface area contributed by atoms with Gasteiger partial charge in [-0.2, -0.15) is 0 Å². The molecule has 3 saturated carbocycles. The Morgan fingerprint density at radius 3 is 2.74 bits per heavy atom. The molecule has 2 saturated heterocycles. The summed E-state index contributed by atoms with van der Waals surface area (Å²) < 4.78 is 7.03. The number of likely N-dealkylation sites (tertiary alicyclic amines) is 1. The number of ether oxygens (including phenoxy) is 1. The number of fused-ring (bicyclic) bond motifs is 6. The van der Waals surface area contributed by atoms with Crippen LogP contribution in [0.25, 0.3) is 0 Å². The van der Waals surface area contributed by atoms with Gasteiger partial charge in [-0.15, -0.1) is 0 Å². The average molecular weight is 426 g/mol. The molecule has 0 bridgehead atoms. The molecular weight excluding hydrogens is 382 g/mol. The number of nitrogens with zero attached hydrogens (tertiary/aromatic N) is 1. The molecule has 31 heavy (non-hydrogen) atoms. The Balaban J connectivity index is 1.29. The summed E-state index contributed by atoms with van der Waals surface area (Å²) in [7, 11) is 2.32. The lowest BCUT2D eigenvalue weighted by atomic mass is 9.52. The number of hydrogen-bond acceptors (Lipinski definition) is 3. The summed E-state index contributed by atoms with van der Waals surface area (Å²) in [5, 5.41) is 0.